The van der Waals surface area contributed by atoms with Crippen LogP contribution < -0.4 is 4.74 Å². The normalized spacial score (nSPS) is 12.2. The first kappa shape index (κ1) is 30.1. The van der Waals surface area contributed by atoms with Crippen LogP contribution in [0.3, 0.4) is 0 Å². The largest absolute Gasteiger partial charge is 0.456 e. The molecule has 5 aromatic carbocycles. The molecule has 3 aromatic heterocycles. The molecule has 240 valence electrons. The molecule has 0 radical (unpaired) electrons. The SMILES string of the molecule is C1=C\c2ccc(-c3cc(-c4ccc(-c5cccnc5)nc4)nc(-c4ccccc4)n3)cc2-c2ccccc2Oc2ccccc2-c2ccccc2/1. The highest BCUT2D eigenvalue weighted by atomic mass is 16.5. The Hall–Kier alpha value is -6.98. The van der Waals surface area contributed by atoms with Crippen molar-refractivity contribution >= 4 is 12.2 Å². The maximum atomic E-state index is 6.76. The number of nitrogens with zero attached hydrogens (tertiary/aromatic N) is 4. The summed E-state index contributed by atoms with van der Waals surface area (Å²) in [4.78, 5) is 19.2. The van der Waals surface area contributed by atoms with E-state index in [9.17, 15) is 0 Å². The average molecular weight is 655 g/mol. The Bertz CT molecular complexity index is 2550. The number of ether oxygens (including phenoxy) is 1. The van der Waals surface area contributed by atoms with Crippen LogP contribution in [0.1, 0.15) is 11.1 Å². The highest BCUT2D eigenvalue weighted by molar-refractivity contribution is 5.90. The van der Waals surface area contributed by atoms with Crippen LogP contribution in [-0.2, 0) is 0 Å². The zero-order chi connectivity index (χ0) is 34.0. The highest BCUT2D eigenvalue weighted by Crippen LogP contribution is 2.42. The lowest BCUT2D eigenvalue weighted by atomic mass is 9.94. The summed E-state index contributed by atoms with van der Waals surface area (Å²) < 4.78 is 6.76. The predicted octanol–water partition coefficient (Wildman–Crippen LogP) is 11.5. The van der Waals surface area contributed by atoms with Gasteiger partial charge < -0.3 is 4.74 Å². The molecule has 0 aliphatic carbocycles. The molecule has 0 amide bonds. The van der Waals surface area contributed by atoms with Crippen LogP contribution in [0.4, 0.5) is 0 Å². The van der Waals surface area contributed by atoms with Crippen molar-refractivity contribution in [2.24, 2.45) is 0 Å². The standard InChI is InChI=1S/C46H30N4O/c1-2-12-33(13-3-1)46-49-42(28-43(50-46)36-24-25-41(48-30-36)35-14-10-26-47-29-35)34-23-22-32-21-20-31-11-4-5-15-37(31)38-16-6-8-18-44(38)51-45-19-9-7-17-39(45)40(32)27-34/h1-30H/b21-20-. The van der Waals surface area contributed by atoms with E-state index in [0.29, 0.717) is 5.82 Å². The molecule has 0 bridgehead atoms. The van der Waals surface area contributed by atoms with Gasteiger partial charge in [0.1, 0.15) is 11.5 Å². The molecule has 1 aliphatic heterocycles. The molecule has 8 aromatic rings. The second kappa shape index (κ2) is 13.1. The van der Waals surface area contributed by atoms with E-state index in [1.165, 1.54) is 0 Å². The Morgan fingerprint density at radius 2 is 1.00 bits per heavy atom. The Kier molecular flexibility index (Phi) is 7.76. The lowest BCUT2D eigenvalue weighted by molar-refractivity contribution is 0.486. The first-order valence-electron chi connectivity index (χ1n) is 16.9. The van der Waals surface area contributed by atoms with E-state index in [1.54, 1.807) is 6.20 Å². The topological polar surface area (TPSA) is 60.8 Å². The Morgan fingerprint density at radius 1 is 0.392 bits per heavy atom. The zero-order valence-corrected chi connectivity index (χ0v) is 27.5. The number of hydrogen-bond acceptors (Lipinski definition) is 5. The monoisotopic (exact) mass is 654 g/mol. The van der Waals surface area contributed by atoms with Crippen molar-refractivity contribution in [3.63, 3.8) is 0 Å². The number of fused-ring (bicyclic) bond motifs is 6. The fourth-order valence-electron chi connectivity index (χ4n) is 6.53. The number of hydrogen-bond donors (Lipinski definition) is 0. The van der Waals surface area contributed by atoms with Crippen molar-refractivity contribution in [2.45, 2.75) is 0 Å². The van der Waals surface area contributed by atoms with Gasteiger partial charge in [-0.3, -0.25) is 9.97 Å². The first-order valence-corrected chi connectivity index (χ1v) is 16.9. The molecule has 0 spiro atoms. The molecule has 0 unspecified atom stereocenters. The number of aromatic nitrogens is 4. The third-order valence-corrected chi connectivity index (χ3v) is 9.10. The van der Waals surface area contributed by atoms with Gasteiger partial charge in [0.05, 0.1) is 17.1 Å². The van der Waals surface area contributed by atoms with Gasteiger partial charge in [0.2, 0.25) is 0 Å². The molecule has 9 rings (SSSR count). The predicted molar refractivity (Wildman–Crippen MR) is 206 cm³/mol. The average Bonchev–Trinajstić information content (AvgIpc) is 3.23. The lowest BCUT2D eigenvalue weighted by Crippen LogP contribution is -1.97. The van der Waals surface area contributed by atoms with E-state index in [2.05, 4.69) is 89.9 Å². The molecular weight excluding hydrogens is 625 g/mol. The fourth-order valence-corrected chi connectivity index (χ4v) is 6.53. The second-order valence-electron chi connectivity index (χ2n) is 12.3. The summed E-state index contributed by atoms with van der Waals surface area (Å²) in [6, 6.07) is 51.5. The van der Waals surface area contributed by atoms with Gasteiger partial charge in [-0.15, -0.1) is 0 Å². The van der Waals surface area contributed by atoms with Crippen molar-refractivity contribution < 1.29 is 4.74 Å². The number of pyridine rings is 2. The molecule has 5 nitrogen and oxygen atoms in total. The Labute approximate surface area is 296 Å². The third kappa shape index (κ3) is 5.98. The molecule has 0 N–H and O–H groups in total. The molecule has 4 heterocycles. The van der Waals surface area contributed by atoms with Crippen LogP contribution in [0.2, 0.25) is 0 Å². The van der Waals surface area contributed by atoms with Gasteiger partial charge in [-0.25, -0.2) is 9.97 Å². The van der Waals surface area contributed by atoms with Crippen molar-refractivity contribution in [1.82, 2.24) is 19.9 Å². The smallest absolute Gasteiger partial charge is 0.160 e. The summed E-state index contributed by atoms with van der Waals surface area (Å²) in [5, 5.41) is 0. The molecule has 51 heavy (non-hydrogen) atoms. The minimum absolute atomic E-state index is 0.646. The molecule has 5 heteroatoms. The number of para-hydroxylation sites is 2. The summed E-state index contributed by atoms with van der Waals surface area (Å²) in [5.74, 6) is 2.23. The van der Waals surface area contributed by atoms with Crippen molar-refractivity contribution in [3.8, 4) is 78.9 Å². The van der Waals surface area contributed by atoms with Crippen LogP contribution in [0.15, 0.2) is 170 Å². The van der Waals surface area contributed by atoms with Crippen molar-refractivity contribution in [3.05, 3.63) is 181 Å². The number of benzene rings is 5. The van der Waals surface area contributed by atoms with Crippen LogP contribution in [0.25, 0.3) is 79.6 Å². The number of rotatable bonds is 4. The van der Waals surface area contributed by atoms with E-state index in [0.717, 1.165) is 84.2 Å². The molecule has 0 atom stereocenters. The van der Waals surface area contributed by atoms with Crippen LogP contribution in [0, 0.1) is 0 Å². The lowest BCUT2D eigenvalue weighted by Gasteiger charge is -2.16. The van der Waals surface area contributed by atoms with E-state index in [1.807, 2.05) is 91.3 Å². The van der Waals surface area contributed by atoms with Crippen molar-refractivity contribution in [2.75, 3.05) is 0 Å². The van der Waals surface area contributed by atoms with Gasteiger partial charge >= 0.3 is 0 Å². The van der Waals surface area contributed by atoms with E-state index >= 15 is 0 Å². The van der Waals surface area contributed by atoms with E-state index in [-0.39, 0.29) is 0 Å². The molecular formula is C46H30N4O. The third-order valence-electron chi connectivity index (χ3n) is 9.10. The van der Waals surface area contributed by atoms with Gasteiger partial charge in [0.15, 0.2) is 5.82 Å². The van der Waals surface area contributed by atoms with Gasteiger partial charge in [-0.1, -0.05) is 115 Å². The minimum Gasteiger partial charge on any atom is -0.456 e. The maximum Gasteiger partial charge on any atom is 0.160 e. The summed E-state index contributed by atoms with van der Waals surface area (Å²) in [7, 11) is 0. The van der Waals surface area contributed by atoms with Gasteiger partial charge in [-0.2, -0.15) is 0 Å². The first-order chi connectivity index (χ1) is 25.3. The van der Waals surface area contributed by atoms with E-state index in [4.69, 9.17) is 19.7 Å². The van der Waals surface area contributed by atoms with Gasteiger partial charge in [-0.05, 0) is 70.8 Å². The highest BCUT2D eigenvalue weighted by Gasteiger charge is 2.18. The molecule has 0 saturated carbocycles. The fraction of sp³-hybridized carbons (Fsp3) is 0. The summed E-state index contributed by atoms with van der Waals surface area (Å²) in [5.41, 5.74) is 12.6. The molecule has 0 saturated heterocycles. The Balaban J connectivity index is 1.21. The summed E-state index contributed by atoms with van der Waals surface area (Å²) in [6.45, 7) is 0. The minimum atomic E-state index is 0.646. The Morgan fingerprint density at radius 3 is 1.73 bits per heavy atom. The van der Waals surface area contributed by atoms with E-state index < -0.39 is 0 Å². The van der Waals surface area contributed by atoms with Crippen molar-refractivity contribution in [1.29, 1.82) is 0 Å². The van der Waals surface area contributed by atoms with Crippen LogP contribution in [0.5, 0.6) is 11.5 Å². The van der Waals surface area contributed by atoms with Gasteiger partial charge in [0.25, 0.3) is 0 Å². The summed E-state index contributed by atoms with van der Waals surface area (Å²) in [6.07, 6.45) is 9.84. The maximum absolute atomic E-state index is 6.76. The van der Waals surface area contributed by atoms with Crippen LogP contribution in [-0.4, -0.2) is 19.9 Å². The van der Waals surface area contributed by atoms with Crippen LogP contribution >= 0.6 is 0 Å². The van der Waals surface area contributed by atoms with Gasteiger partial charge in [0, 0.05) is 52.0 Å². The molecule has 0 fully saturated rings. The summed E-state index contributed by atoms with van der Waals surface area (Å²) >= 11 is 0. The molecule has 1 aliphatic rings. The zero-order valence-electron chi connectivity index (χ0n) is 27.5. The second-order valence-corrected chi connectivity index (χ2v) is 12.3. The quantitative estimate of drug-likeness (QED) is 0.189.